The van der Waals surface area contributed by atoms with Crippen LogP contribution in [0.3, 0.4) is 0 Å². The van der Waals surface area contributed by atoms with E-state index in [0.717, 1.165) is 58.4 Å². The second kappa shape index (κ2) is 5.78. The third-order valence-electron chi connectivity index (χ3n) is 4.64. The van der Waals surface area contributed by atoms with E-state index in [1.165, 1.54) is 0 Å². The van der Waals surface area contributed by atoms with Gasteiger partial charge in [-0.15, -0.1) is 0 Å². The number of pyridine rings is 1. The minimum Gasteiger partial charge on any atom is -0.469 e. The standard InChI is InChI=1S/C20H20N2O2/c1-13-5-6-18-16(10-13)17(11-14(2)21-18)20(23)22-8-3-4-19-15(12-22)7-9-24-19/h5-7,9-11H,3-4,8,12H2,1-2H3. The summed E-state index contributed by atoms with van der Waals surface area (Å²) in [7, 11) is 0. The summed E-state index contributed by atoms with van der Waals surface area (Å²) in [4.78, 5) is 19.7. The molecule has 0 aliphatic carbocycles. The van der Waals surface area contributed by atoms with Gasteiger partial charge in [-0.05, 0) is 44.5 Å². The first-order valence-corrected chi connectivity index (χ1v) is 8.34. The molecule has 24 heavy (non-hydrogen) atoms. The summed E-state index contributed by atoms with van der Waals surface area (Å²) in [6.45, 7) is 5.33. The number of nitrogens with zero attached hydrogens (tertiary/aromatic N) is 2. The SMILES string of the molecule is Cc1ccc2nc(C)cc(C(=O)N3CCCc4occc4C3)c2c1. The highest BCUT2D eigenvalue weighted by molar-refractivity contribution is 6.06. The van der Waals surface area contributed by atoms with E-state index >= 15 is 0 Å². The van der Waals surface area contributed by atoms with E-state index in [4.69, 9.17) is 4.42 Å². The van der Waals surface area contributed by atoms with Gasteiger partial charge in [0.05, 0.1) is 17.3 Å². The van der Waals surface area contributed by atoms with Gasteiger partial charge in [0, 0.05) is 36.2 Å². The number of rotatable bonds is 1. The Labute approximate surface area is 141 Å². The Morgan fingerprint density at radius 3 is 2.96 bits per heavy atom. The Bertz CT molecular complexity index is 927. The first-order chi connectivity index (χ1) is 11.6. The highest BCUT2D eigenvalue weighted by atomic mass is 16.3. The number of hydrogen-bond acceptors (Lipinski definition) is 3. The molecule has 1 amide bonds. The Morgan fingerprint density at radius 2 is 2.08 bits per heavy atom. The van der Waals surface area contributed by atoms with Gasteiger partial charge in [-0.1, -0.05) is 11.6 Å². The van der Waals surface area contributed by atoms with Crippen LogP contribution in [0.4, 0.5) is 0 Å². The molecular weight excluding hydrogens is 300 g/mol. The average molecular weight is 320 g/mol. The zero-order chi connectivity index (χ0) is 16.7. The van der Waals surface area contributed by atoms with Crippen LogP contribution in [0.2, 0.25) is 0 Å². The normalized spacial score (nSPS) is 14.5. The van der Waals surface area contributed by atoms with E-state index in [-0.39, 0.29) is 5.91 Å². The summed E-state index contributed by atoms with van der Waals surface area (Å²) >= 11 is 0. The van der Waals surface area contributed by atoms with E-state index in [2.05, 4.69) is 11.1 Å². The lowest BCUT2D eigenvalue weighted by Gasteiger charge is -2.21. The highest BCUT2D eigenvalue weighted by Crippen LogP contribution is 2.25. The molecule has 0 atom stereocenters. The van der Waals surface area contributed by atoms with Crippen molar-refractivity contribution in [1.29, 1.82) is 0 Å². The van der Waals surface area contributed by atoms with Gasteiger partial charge in [-0.3, -0.25) is 9.78 Å². The Morgan fingerprint density at radius 1 is 1.21 bits per heavy atom. The minimum atomic E-state index is 0.0742. The Hall–Kier alpha value is -2.62. The summed E-state index contributed by atoms with van der Waals surface area (Å²) in [5.74, 6) is 1.09. The monoisotopic (exact) mass is 320 g/mol. The zero-order valence-electron chi connectivity index (χ0n) is 14.0. The molecule has 0 bridgehead atoms. The van der Waals surface area contributed by atoms with E-state index in [1.54, 1.807) is 6.26 Å². The van der Waals surface area contributed by atoms with Gasteiger partial charge in [-0.25, -0.2) is 0 Å². The maximum Gasteiger partial charge on any atom is 0.254 e. The fraction of sp³-hybridized carbons (Fsp3) is 0.300. The lowest BCUT2D eigenvalue weighted by Crippen LogP contribution is -2.31. The molecule has 1 aliphatic rings. The molecule has 0 saturated carbocycles. The van der Waals surface area contributed by atoms with Gasteiger partial charge in [0.1, 0.15) is 5.76 Å². The van der Waals surface area contributed by atoms with Crippen molar-refractivity contribution >= 4 is 16.8 Å². The molecule has 0 N–H and O–H groups in total. The quantitative estimate of drug-likeness (QED) is 0.680. The van der Waals surface area contributed by atoms with Crippen molar-refractivity contribution in [3.8, 4) is 0 Å². The van der Waals surface area contributed by atoms with Crippen LogP contribution in [0.5, 0.6) is 0 Å². The molecule has 4 heteroatoms. The van der Waals surface area contributed by atoms with Crippen molar-refractivity contribution in [2.75, 3.05) is 6.54 Å². The molecule has 0 saturated heterocycles. The molecule has 3 aromatic rings. The van der Waals surface area contributed by atoms with Gasteiger partial charge < -0.3 is 9.32 Å². The third-order valence-corrected chi connectivity index (χ3v) is 4.64. The number of hydrogen-bond donors (Lipinski definition) is 0. The molecule has 4 rings (SSSR count). The van der Waals surface area contributed by atoms with Crippen LogP contribution in [-0.4, -0.2) is 22.3 Å². The van der Waals surface area contributed by atoms with Gasteiger partial charge in [0.2, 0.25) is 0 Å². The molecule has 122 valence electrons. The van der Waals surface area contributed by atoms with Crippen LogP contribution in [-0.2, 0) is 13.0 Å². The van der Waals surface area contributed by atoms with Gasteiger partial charge in [0.25, 0.3) is 5.91 Å². The number of carbonyl (C=O) groups excluding carboxylic acids is 1. The predicted octanol–water partition coefficient (Wildman–Crippen LogP) is 4.03. The van der Waals surface area contributed by atoms with Crippen molar-refractivity contribution in [1.82, 2.24) is 9.88 Å². The molecule has 1 aromatic carbocycles. The lowest BCUT2D eigenvalue weighted by atomic mass is 10.0. The maximum absolute atomic E-state index is 13.2. The van der Waals surface area contributed by atoms with Crippen LogP contribution >= 0.6 is 0 Å². The predicted molar refractivity (Wildman–Crippen MR) is 93.0 cm³/mol. The van der Waals surface area contributed by atoms with E-state index in [0.29, 0.717) is 6.54 Å². The van der Waals surface area contributed by atoms with Gasteiger partial charge in [0.15, 0.2) is 0 Å². The van der Waals surface area contributed by atoms with Crippen LogP contribution in [0.1, 0.15) is 39.4 Å². The van der Waals surface area contributed by atoms with E-state index < -0.39 is 0 Å². The second-order valence-corrected chi connectivity index (χ2v) is 6.53. The second-order valence-electron chi connectivity index (χ2n) is 6.53. The lowest BCUT2D eigenvalue weighted by molar-refractivity contribution is 0.0748. The fourth-order valence-corrected chi connectivity index (χ4v) is 3.44. The Kier molecular flexibility index (Phi) is 3.60. The van der Waals surface area contributed by atoms with Crippen molar-refractivity contribution in [2.24, 2.45) is 0 Å². The van der Waals surface area contributed by atoms with Crippen molar-refractivity contribution in [3.63, 3.8) is 0 Å². The number of benzene rings is 1. The summed E-state index contributed by atoms with van der Waals surface area (Å²) in [5, 5.41) is 0.933. The topological polar surface area (TPSA) is 46.3 Å². The van der Waals surface area contributed by atoms with E-state index in [9.17, 15) is 4.79 Å². The number of furan rings is 1. The van der Waals surface area contributed by atoms with Crippen LogP contribution < -0.4 is 0 Å². The minimum absolute atomic E-state index is 0.0742. The van der Waals surface area contributed by atoms with Crippen LogP contribution in [0.15, 0.2) is 41.0 Å². The van der Waals surface area contributed by atoms with Crippen LogP contribution in [0, 0.1) is 13.8 Å². The first-order valence-electron chi connectivity index (χ1n) is 8.34. The number of aryl methyl sites for hydroxylation is 3. The molecule has 1 aliphatic heterocycles. The molecule has 2 aromatic heterocycles. The molecular formula is C20H20N2O2. The molecule has 4 nitrogen and oxygen atoms in total. The number of aromatic nitrogens is 1. The highest BCUT2D eigenvalue weighted by Gasteiger charge is 2.23. The number of amides is 1. The maximum atomic E-state index is 13.2. The summed E-state index contributed by atoms with van der Waals surface area (Å²) in [6.07, 6.45) is 3.53. The molecule has 0 fully saturated rings. The first kappa shape index (κ1) is 14.9. The third kappa shape index (κ3) is 2.58. The summed E-state index contributed by atoms with van der Waals surface area (Å²) in [5.41, 5.74) is 4.74. The fourth-order valence-electron chi connectivity index (χ4n) is 3.44. The number of carbonyl (C=O) groups is 1. The molecule has 0 unspecified atom stereocenters. The molecule has 3 heterocycles. The summed E-state index contributed by atoms with van der Waals surface area (Å²) < 4.78 is 5.53. The van der Waals surface area contributed by atoms with Crippen molar-refractivity contribution in [2.45, 2.75) is 33.2 Å². The smallest absolute Gasteiger partial charge is 0.254 e. The largest absolute Gasteiger partial charge is 0.469 e. The Balaban J connectivity index is 1.77. The molecule has 0 spiro atoms. The number of fused-ring (bicyclic) bond motifs is 2. The van der Waals surface area contributed by atoms with Crippen molar-refractivity contribution in [3.05, 3.63) is 64.7 Å². The summed E-state index contributed by atoms with van der Waals surface area (Å²) in [6, 6.07) is 9.96. The van der Waals surface area contributed by atoms with Crippen molar-refractivity contribution < 1.29 is 9.21 Å². The average Bonchev–Trinajstić information content (AvgIpc) is 2.91. The van der Waals surface area contributed by atoms with Gasteiger partial charge >= 0.3 is 0 Å². The van der Waals surface area contributed by atoms with E-state index in [1.807, 2.05) is 43.0 Å². The van der Waals surface area contributed by atoms with Gasteiger partial charge in [-0.2, -0.15) is 0 Å². The zero-order valence-corrected chi connectivity index (χ0v) is 14.0. The van der Waals surface area contributed by atoms with Crippen LogP contribution in [0.25, 0.3) is 10.9 Å². The molecule has 0 radical (unpaired) electrons.